The minimum atomic E-state index is -0.563. The molecule has 0 spiro atoms. The molecule has 0 aromatic heterocycles. The van der Waals surface area contributed by atoms with Crippen molar-refractivity contribution in [1.29, 1.82) is 0 Å². The Kier molecular flexibility index (Phi) is 5.56. The van der Waals surface area contributed by atoms with E-state index in [-0.39, 0.29) is 11.7 Å². The van der Waals surface area contributed by atoms with Gasteiger partial charge in [-0.1, -0.05) is 11.6 Å². The molecule has 1 fully saturated rings. The number of amides is 1. The van der Waals surface area contributed by atoms with E-state index in [0.29, 0.717) is 35.3 Å². The van der Waals surface area contributed by atoms with E-state index in [1.54, 1.807) is 35.2 Å². The van der Waals surface area contributed by atoms with Crippen molar-refractivity contribution in [2.45, 2.75) is 6.42 Å². The molecule has 0 bridgehead atoms. The molecule has 1 aliphatic rings. The van der Waals surface area contributed by atoms with E-state index in [0.717, 1.165) is 13.0 Å². The molecule has 1 unspecified atom stereocenters. The highest BCUT2D eigenvalue weighted by Gasteiger charge is 2.26. The normalized spacial score (nSPS) is 16.9. The molecule has 1 aliphatic heterocycles. The second kappa shape index (κ2) is 7.85. The number of nitrogens with one attached hydrogen (secondary N) is 1. The number of rotatable bonds is 5. The average molecular weight is 363 g/mol. The van der Waals surface area contributed by atoms with Gasteiger partial charge in [0.1, 0.15) is 5.75 Å². The molecule has 6 heteroatoms. The number of likely N-dealkylation sites (tertiary alicyclic amines) is 1. The Balaban J connectivity index is 1.69. The first kappa shape index (κ1) is 17.7. The van der Waals surface area contributed by atoms with Crippen LogP contribution in [0.15, 0.2) is 42.5 Å². The first-order chi connectivity index (χ1) is 12.1. The quantitative estimate of drug-likeness (QED) is 0.875. The van der Waals surface area contributed by atoms with Crippen LogP contribution in [0, 0.1) is 11.7 Å². The number of hydrogen-bond donors (Lipinski definition) is 1. The second-order valence-electron chi connectivity index (χ2n) is 6.16. The van der Waals surface area contributed by atoms with Gasteiger partial charge in [-0.25, -0.2) is 4.39 Å². The van der Waals surface area contributed by atoms with E-state index < -0.39 is 5.82 Å². The lowest BCUT2D eigenvalue weighted by molar-refractivity contribution is 0.0786. The molecule has 1 N–H and O–H groups in total. The summed E-state index contributed by atoms with van der Waals surface area (Å²) in [6.45, 7) is 2.28. The molecule has 25 heavy (non-hydrogen) atoms. The van der Waals surface area contributed by atoms with Crippen molar-refractivity contribution in [3.05, 3.63) is 58.9 Å². The standard InChI is InChI=1S/C19H20ClFN2O2/c1-22-11-13-8-9-23(12-13)19(24)14-2-7-18(17(21)10-14)25-16-5-3-15(20)4-6-16/h2-7,10,13,22H,8-9,11-12H2,1H3. The van der Waals surface area contributed by atoms with Crippen LogP contribution in [0.1, 0.15) is 16.8 Å². The topological polar surface area (TPSA) is 41.6 Å². The molecule has 1 atom stereocenters. The Bertz CT molecular complexity index is 752. The number of carbonyl (C=O) groups excluding carboxylic acids is 1. The smallest absolute Gasteiger partial charge is 0.253 e. The van der Waals surface area contributed by atoms with Crippen LogP contribution in [-0.2, 0) is 0 Å². The minimum Gasteiger partial charge on any atom is -0.454 e. The van der Waals surface area contributed by atoms with E-state index in [9.17, 15) is 9.18 Å². The van der Waals surface area contributed by atoms with Crippen molar-refractivity contribution in [3.63, 3.8) is 0 Å². The summed E-state index contributed by atoms with van der Waals surface area (Å²) in [5.74, 6) is 0.304. The van der Waals surface area contributed by atoms with Gasteiger partial charge in [0, 0.05) is 23.7 Å². The summed E-state index contributed by atoms with van der Waals surface area (Å²) in [5.41, 5.74) is 0.339. The number of hydrogen-bond acceptors (Lipinski definition) is 3. The largest absolute Gasteiger partial charge is 0.454 e. The Morgan fingerprint density at radius 3 is 2.76 bits per heavy atom. The molecule has 2 aromatic carbocycles. The average Bonchev–Trinajstić information content (AvgIpc) is 3.07. The summed E-state index contributed by atoms with van der Waals surface area (Å²) in [6, 6.07) is 11.0. The van der Waals surface area contributed by atoms with Gasteiger partial charge in [0.05, 0.1) is 0 Å². The number of nitrogens with zero attached hydrogens (tertiary/aromatic N) is 1. The van der Waals surface area contributed by atoms with Crippen LogP contribution < -0.4 is 10.1 Å². The fraction of sp³-hybridized carbons (Fsp3) is 0.316. The van der Waals surface area contributed by atoms with Gasteiger partial charge >= 0.3 is 0 Å². The third-order valence-corrected chi connectivity index (χ3v) is 4.54. The van der Waals surface area contributed by atoms with Gasteiger partial charge in [0.15, 0.2) is 11.6 Å². The molecule has 1 saturated heterocycles. The summed E-state index contributed by atoms with van der Waals surface area (Å²) in [5, 5.41) is 3.71. The lowest BCUT2D eigenvalue weighted by Crippen LogP contribution is -2.30. The molecule has 1 amide bonds. The molecule has 132 valence electrons. The number of carbonyl (C=O) groups is 1. The highest BCUT2D eigenvalue weighted by Crippen LogP contribution is 2.27. The molecule has 0 saturated carbocycles. The van der Waals surface area contributed by atoms with Crippen LogP contribution in [0.4, 0.5) is 4.39 Å². The molecule has 3 rings (SSSR count). The van der Waals surface area contributed by atoms with Crippen LogP contribution in [0.2, 0.25) is 5.02 Å². The van der Waals surface area contributed by atoms with E-state index in [2.05, 4.69) is 5.32 Å². The monoisotopic (exact) mass is 362 g/mol. The van der Waals surface area contributed by atoms with Gasteiger partial charge in [-0.15, -0.1) is 0 Å². The fourth-order valence-corrected chi connectivity index (χ4v) is 3.13. The number of benzene rings is 2. The van der Waals surface area contributed by atoms with Crippen molar-refractivity contribution in [2.24, 2.45) is 5.92 Å². The predicted molar refractivity (Wildman–Crippen MR) is 95.9 cm³/mol. The van der Waals surface area contributed by atoms with Gasteiger partial charge in [-0.2, -0.15) is 0 Å². The maximum absolute atomic E-state index is 14.3. The van der Waals surface area contributed by atoms with Crippen molar-refractivity contribution in [2.75, 3.05) is 26.7 Å². The van der Waals surface area contributed by atoms with E-state index in [1.165, 1.54) is 12.1 Å². The van der Waals surface area contributed by atoms with Crippen molar-refractivity contribution in [3.8, 4) is 11.5 Å². The van der Waals surface area contributed by atoms with E-state index in [1.807, 2.05) is 7.05 Å². The first-order valence-corrected chi connectivity index (χ1v) is 8.61. The maximum Gasteiger partial charge on any atom is 0.253 e. The molecular weight excluding hydrogens is 343 g/mol. The SMILES string of the molecule is CNCC1CCN(C(=O)c2ccc(Oc3ccc(Cl)cc3)c(F)c2)C1. The van der Waals surface area contributed by atoms with Crippen molar-refractivity contribution in [1.82, 2.24) is 10.2 Å². The molecule has 0 radical (unpaired) electrons. The Morgan fingerprint density at radius 2 is 2.08 bits per heavy atom. The Labute approximate surface area is 151 Å². The fourth-order valence-electron chi connectivity index (χ4n) is 3.00. The summed E-state index contributed by atoms with van der Waals surface area (Å²) in [4.78, 5) is 14.3. The molecule has 4 nitrogen and oxygen atoms in total. The summed E-state index contributed by atoms with van der Waals surface area (Å²) >= 11 is 5.82. The first-order valence-electron chi connectivity index (χ1n) is 8.23. The Morgan fingerprint density at radius 1 is 1.32 bits per heavy atom. The lowest BCUT2D eigenvalue weighted by atomic mass is 10.1. The second-order valence-corrected chi connectivity index (χ2v) is 6.60. The maximum atomic E-state index is 14.3. The van der Waals surface area contributed by atoms with Gasteiger partial charge in [0.25, 0.3) is 5.91 Å². The predicted octanol–water partition coefficient (Wildman–Crippen LogP) is 3.95. The van der Waals surface area contributed by atoms with Crippen LogP contribution in [0.3, 0.4) is 0 Å². The zero-order valence-corrected chi connectivity index (χ0v) is 14.7. The zero-order chi connectivity index (χ0) is 17.8. The third-order valence-electron chi connectivity index (χ3n) is 4.29. The van der Waals surface area contributed by atoms with Crippen LogP contribution in [-0.4, -0.2) is 37.5 Å². The molecular formula is C19H20ClFN2O2. The minimum absolute atomic E-state index is 0.0772. The summed E-state index contributed by atoms with van der Waals surface area (Å²) in [7, 11) is 1.90. The van der Waals surface area contributed by atoms with Crippen molar-refractivity contribution < 1.29 is 13.9 Å². The highest BCUT2D eigenvalue weighted by molar-refractivity contribution is 6.30. The highest BCUT2D eigenvalue weighted by atomic mass is 35.5. The van der Waals surface area contributed by atoms with Gasteiger partial charge < -0.3 is 15.0 Å². The lowest BCUT2D eigenvalue weighted by Gasteiger charge is -2.17. The van der Waals surface area contributed by atoms with Gasteiger partial charge in [-0.05, 0) is 68.4 Å². The van der Waals surface area contributed by atoms with Crippen LogP contribution in [0.5, 0.6) is 11.5 Å². The van der Waals surface area contributed by atoms with Gasteiger partial charge in [0.2, 0.25) is 0 Å². The zero-order valence-electron chi connectivity index (χ0n) is 14.0. The van der Waals surface area contributed by atoms with Crippen LogP contribution >= 0.6 is 11.6 Å². The number of ether oxygens (including phenoxy) is 1. The Hall–Kier alpha value is -2.11. The van der Waals surface area contributed by atoms with Crippen LogP contribution in [0.25, 0.3) is 0 Å². The molecule has 0 aliphatic carbocycles. The molecule has 2 aromatic rings. The summed E-state index contributed by atoms with van der Waals surface area (Å²) in [6.07, 6.45) is 0.965. The van der Waals surface area contributed by atoms with E-state index in [4.69, 9.17) is 16.3 Å². The molecule has 1 heterocycles. The van der Waals surface area contributed by atoms with Gasteiger partial charge in [-0.3, -0.25) is 4.79 Å². The van der Waals surface area contributed by atoms with Crippen molar-refractivity contribution >= 4 is 17.5 Å². The third kappa shape index (κ3) is 4.30. The summed E-state index contributed by atoms with van der Waals surface area (Å²) < 4.78 is 19.8. The number of halogens is 2. The van der Waals surface area contributed by atoms with E-state index >= 15 is 0 Å².